The Morgan fingerprint density at radius 1 is 1.04 bits per heavy atom. The average Bonchev–Trinajstić information content (AvgIpc) is 3.67. The van der Waals surface area contributed by atoms with Crippen molar-refractivity contribution in [1.29, 1.82) is 0 Å². The molecule has 0 amide bonds. The van der Waals surface area contributed by atoms with E-state index in [9.17, 15) is 22.0 Å². The Bertz CT molecular complexity index is 2150. The SMILES string of the molecule is C=C(CN1C([CH2-])=C(N2CCN(C(=C)c3ncncc3C)CC2)C(=C)n2nc(-c3ccc4c(c3)CC(F)(F)C4)nc21)Nc1ccc(C(F)(F)F)cc1Cl.[Na+]. The number of alkyl halides is 5. The number of fused-ring (bicyclic) bond motifs is 2. The molecule has 16 heteroatoms. The maximum Gasteiger partial charge on any atom is 1.00 e. The quantitative estimate of drug-likeness (QED) is 0.158. The standard InChI is InChI=1S/C37H34ClF5N9.Na/c1-21-18-44-20-45-32(21)23(3)49-10-12-50(13-11-49)33-24(4)51(19-22(2)46-31-9-8-29(15-30(31)38)37(41,42)43)35-47-34(48-52(35)25(33)5)26-6-7-27-16-36(39,40)17-28(27)14-26;/h6-9,14-15,18,20,46H,2-5,10-13,16-17,19H2,1H3;/q-1;+1. The second-order valence-electron chi connectivity index (χ2n) is 13.1. The molecule has 2 aromatic heterocycles. The predicted octanol–water partition coefficient (Wildman–Crippen LogP) is 4.70. The van der Waals surface area contributed by atoms with Gasteiger partial charge in [-0.05, 0) is 47.9 Å². The first kappa shape index (κ1) is 38.4. The monoisotopic (exact) mass is 757 g/mol. The van der Waals surface area contributed by atoms with E-state index in [1.165, 1.54) is 12.4 Å². The molecule has 0 unspecified atom stereocenters. The molecule has 0 bridgehead atoms. The number of aromatic nitrogens is 5. The van der Waals surface area contributed by atoms with Crippen LogP contribution in [0.2, 0.25) is 5.02 Å². The molecule has 1 fully saturated rings. The van der Waals surface area contributed by atoms with Crippen molar-refractivity contribution < 1.29 is 51.5 Å². The van der Waals surface area contributed by atoms with Crippen molar-refractivity contribution >= 4 is 34.6 Å². The Hall–Kier alpha value is -4.37. The number of rotatable bonds is 8. The van der Waals surface area contributed by atoms with Crippen LogP contribution in [-0.4, -0.2) is 73.2 Å². The number of hydrogen-bond donors (Lipinski definition) is 1. The van der Waals surface area contributed by atoms with Crippen LogP contribution in [-0.2, 0) is 19.0 Å². The van der Waals surface area contributed by atoms with Crippen LogP contribution in [0.3, 0.4) is 0 Å². The Labute approximate surface area is 330 Å². The summed E-state index contributed by atoms with van der Waals surface area (Å²) in [5.74, 6) is -2.15. The third-order valence-corrected chi connectivity index (χ3v) is 9.74. The van der Waals surface area contributed by atoms with Crippen molar-refractivity contribution in [1.82, 2.24) is 34.5 Å². The Morgan fingerprint density at radius 3 is 2.43 bits per heavy atom. The maximum absolute atomic E-state index is 14.2. The first-order valence-corrected chi connectivity index (χ1v) is 16.8. The molecule has 0 atom stereocenters. The van der Waals surface area contributed by atoms with Crippen LogP contribution in [0, 0.1) is 13.8 Å². The molecule has 1 aliphatic carbocycles. The number of nitrogens with zero attached hydrogens (tertiary/aromatic N) is 8. The van der Waals surface area contributed by atoms with E-state index in [0.29, 0.717) is 77.4 Å². The summed E-state index contributed by atoms with van der Waals surface area (Å²) >= 11 is 6.24. The fourth-order valence-corrected chi connectivity index (χ4v) is 7.04. The van der Waals surface area contributed by atoms with E-state index >= 15 is 0 Å². The van der Waals surface area contributed by atoms with Crippen LogP contribution in [0.4, 0.5) is 33.6 Å². The van der Waals surface area contributed by atoms with Crippen molar-refractivity contribution in [2.24, 2.45) is 0 Å². The number of halogens is 6. The van der Waals surface area contributed by atoms with Gasteiger partial charge in [0, 0.05) is 62.2 Å². The number of piperazine rings is 1. The molecule has 0 radical (unpaired) electrons. The number of nitrogens with one attached hydrogen (secondary N) is 1. The molecule has 3 aliphatic rings. The van der Waals surface area contributed by atoms with Gasteiger partial charge in [0.2, 0.25) is 5.95 Å². The minimum absolute atomic E-state index is 0. The van der Waals surface area contributed by atoms with Crippen LogP contribution < -0.4 is 39.8 Å². The van der Waals surface area contributed by atoms with E-state index in [4.69, 9.17) is 21.7 Å². The Kier molecular flexibility index (Phi) is 10.5. The van der Waals surface area contributed by atoms with Gasteiger partial charge in [-0.1, -0.05) is 54.9 Å². The summed E-state index contributed by atoms with van der Waals surface area (Å²) in [5.41, 5.74) is 5.73. The third kappa shape index (κ3) is 7.55. The fourth-order valence-electron chi connectivity index (χ4n) is 6.81. The number of allylic oxidation sites excluding steroid dienone is 2. The van der Waals surface area contributed by atoms with Gasteiger partial charge >= 0.3 is 35.7 Å². The van der Waals surface area contributed by atoms with Gasteiger partial charge in [-0.25, -0.2) is 30.4 Å². The van der Waals surface area contributed by atoms with E-state index in [0.717, 1.165) is 29.1 Å². The smallest absolute Gasteiger partial charge is 0.442 e. The summed E-state index contributed by atoms with van der Waals surface area (Å²) in [6.07, 6.45) is -1.96. The second kappa shape index (κ2) is 14.5. The van der Waals surface area contributed by atoms with E-state index in [1.54, 1.807) is 34.0 Å². The van der Waals surface area contributed by atoms with Crippen molar-refractivity contribution in [3.05, 3.63) is 126 Å². The van der Waals surface area contributed by atoms with Crippen LogP contribution in [0.1, 0.15) is 27.9 Å². The fraction of sp³-hybridized carbons (Fsp3) is 0.270. The molecule has 270 valence electrons. The van der Waals surface area contributed by atoms with E-state index < -0.39 is 17.7 Å². The largest absolute Gasteiger partial charge is 1.00 e. The first-order chi connectivity index (χ1) is 24.6. The summed E-state index contributed by atoms with van der Waals surface area (Å²) in [5, 5.41) is 7.70. The molecule has 2 aliphatic heterocycles. The first-order valence-electron chi connectivity index (χ1n) is 16.4. The van der Waals surface area contributed by atoms with Crippen LogP contribution in [0.25, 0.3) is 22.8 Å². The van der Waals surface area contributed by atoms with Crippen molar-refractivity contribution in [2.45, 2.75) is 31.9 Å². The van der Waals surface area contributed by atoms with Crippen LogP contribution in [0.15, 0.2) is 85.8 Å². The molecule has 0 spiro atoms. The topological polar surface area (TPSA) is 78.2 Å². The molecule has 1 N–H and O–H groups in total. The summed E-state index contributed by atoms with van der Waals surface area (Å²) in [7, 11) is 0. The summed E-state index contributed by atoms with van der Waals surface area (Å²) in [4.78, 5) is 19.4. The van der Waals surface area contributed by atoms with Gasteiger partial charge in [0.05, 0.1) is 34.2 Å². The van der Waals surface area contributed by atoms with Gasteiger partial charge < -0.3 is 20.0 Å². The number of aryl methyl sites for hydroxylation is 1. The molecule has 53 heavy (non-hydrogen) atoms. The van der Waals surface area contributed by atoms with Gasteiger partial charge in [0.1, 0.15) is 6.33 Å². The van der Waals surface area contributed by atoms with Gasteiger partial charge in [-0.2, -0.15) is 18.2 Å². The number of benzene rings is 2. The van der Waals surface area contributed by atoms with Crippen molar-refractivity contribution in [3.63, 3.8) is 0 Å². The molecule has 4 heterocycles. The number of anilines is 2. The molecule has 2 aromatic carbocycles. The van der Waals surface area contributed by atoms with Crippen LogP contribution in [0.5, 0.6) is 0 Å². The maximum atomic E-state index is 14.2. The minimum atomic E-state index is -4.55. The van der Waals surface area contributed by atoms with Gasteiger partial charge in [0.25, 0.3) is 5.92 Å². The van der Waals surface area contributed by atoms with E-state index in [2.05, 4.69) is 51.7 Å². The van der Waals surface area contributed by atoms with Gasteiger partial charge in [-0.3, -0.25) is 0 Å². The van der Waals surface area contributed by atoms with E-state index in [-0.39, 0.29) is 59.7 Å². The zero-order valence-electron chi connectivity index (χ0n) is 29.2. The second-order valence-corrected chi connectivity index (χ2v) is 13.5. The minimum Gasteiger partial charge on any atom is -0.442 e. The molecular formula is C37H34ClF5N9Na. The third-order valence-electron chi connectivity index (χ3n) is 9.43. The van der Waals surface area contributed by atoms with E-state index in [1.807, 2.05) is 6.92 Å². The predicted molar refractivity (Wildman–Crippen MR) is 191 cm³/mol. The van der Waals surface area contributed by atoms with Gasteiger partial charge in [-0.15, -0.1) is 5.10 Å². The zero-order chi connectivity index (χ0) is 37.1. The molecule has 7 rings (SSSR count). The van der Waals surface area contributed by atoms with Gasteiger partial charge in [0.15, 0.2) is 5.82 Å². The zero-order valence-corrected chi connectivity index (χ0v) is 32.0. The summed E-state index contributed by atoms with van der Waals surface area (Å²) in [6.45, 7) is 21.7. The van der Waals surface area contributed by atoms with Crippen molar-refractivity contribution in [2.75, 3.05) is 42.9 Å². The summed E-state index contributed by atoms with van der Waals surface area (Å²) in [6, 6.07) is 8.14. The Balaban J connectivity index is 0.00000481. The Morgan fingerprint density at radius 2 is 1.75 bits per heavy atom. The molecule has 9 nitrogen and oxygen atoms in total. The van der Waals surface area contributed by atoms with Crippen LogP contribution >= 0.6 is 11.6 Å². The molecule has 4 aromatic rings. The normalized spacial score (nSPS) is 16.7. The molecular weight excluding hydrogens is 724 g/mol. The molecule has 0 saturated carbocycles. The summed E-state index contributed by atoms with van der Waals surface area (Å²) < 4.78 is 69.8. The number of hydrogen-bond acceptors (Lipinski definition) is 8. The molecule has 1 saturated heterocycles. The van der Waals surface area contributed by atoms with Crippen molar-refractivity contribution in [3.8, 4) is 11.4 Å². The average molecular weight is 758 g/mol.